The Kier molecular flexibility index (Phi) is 7.15. The number of carbonyl (C=O) groups is 1. The lowest BCUT2D eigenvalue weighted by atomic mass is 9.91. The summed E-state index contributed by atoms with van der Waals surface area (Å²) in [6.07, 6.45) is -0.279. The van der Waals surface area contributed by atoms with Gasteiger partial charge in [0.25, 0.3) is 0 Å². The topological polar surface area (TPSA) is 104 Å². The first kappa shape index (κ1) is 24.4. The standard InChI is InChI=1S/C24H20F2O8S/c1-30-18-5-12(6-19-24(18)33-11-32-19)15(9-21(28)31-2)23-22(29)17(27)8-14(34-23)10-35-20-4-3-13(25)7-16(20)26/h3-8,15,29H,9-11H2,1-2H3/t15-/m0/s1. The third-order valence-corrected chi connectivity index (χ3v) is 6.33. The van der Waals surface area contributed by atoms with E-state index in [1.54, 1.807) is 12.1 Å². The first-order valence-electron chi connectivity index (χ1n) is 10.3. The lowest BCUT2D eigenvalue weighted by Gasteiger charge is -2.19. The molecule has 0 unspecified atom stereocenters. The Morgan fingerprint density at radius 1 is 1.17 bits per heavy atom. The van der Waals surface area contributed by atoms with Crippen molar-refractivity contribution in [2.24, 2.45) is 0 Å². The quantitative estimate of drug-likeness (QED) is 0.353. The van der Waals surface area contributed by atoms with Crippen LogP contribution >= 0.6 is 11.8 Å². The molecule has 0 bridgehead atoms. The van der Waals surface area contributed by atoms with Crippen molar-refractivity contribution in [1.29, 1.82) is 0 Å². The number of esters is 1. The highest BCUT2D eigenvalue weighted by atomic mass is 32.2. The Balaban J connectivity index is 1.74. The number of ether oxygens (including phenoxy) is 4. The molecule has 3 aromatic rings. The number of hydrogen-bond acceptors (Lipinski definition) is 9. The van der Waals surface area contributed by atoms with E-state index in [-0.39, 0.29) is 35.4 Å². The van der Waals surface area contributed by atoms with Gasteiger partial charge in [0.05, 0.1) is 32.3 Å². The maximum atomic E-state index is 14.0. The number of halogens is 2. The normalized spacial score (nSPS) is 12.9. The third kappa shape index (κ3) is 5.19. The van der Waals surface area contributed by atoms with Crippen molar-refractivity contribution < 1.29 is 42.0 Å². The van der Waals surface area contributed by atoms with Gasteiger partial charge in [-0.3, -0.25) is 9.59 Å². The maximum Gasteiger partial charge on any atom is 0.306 e. The van der Waals surface area contributed by atoms with Crippen LogP contribution in [0.1, 0.15) is 29.4 Å². The van der Waals surface area contributed by atoms with Crippen molar-refractivity contribution in [3.63, 3.8) is 0 Å². The molecule has 1 N–H and O–H groups in total. The Morgan fingerprint density at radius 3 is 2.69 bits per heavy atom. The molecule has 1 aromatic heterocycles. The molecule has 0 saturated heterocycles. The molecule has 1 aliphatic heterocycles. The molecule has 2 heterocycles. The first-order valence-corrected chi connectivity index (χ1v) is 11.3. The number of methoxy groups -OCH3 is 2. The molecule has 184 valence electrons. The fraction of sp³-hybridized carbons (Fsp3) is 0.250. The highest BCUT2D eigenvalue weighted by Crippen LogP contribution is 2.45. The van der Waals surface area contributed by atoms with Crippen molar-refractivity contribution in [3.05, 3.63) is 75.3 Å². The summed E-state index contributed by atoms with van der Waals surface area (Å²) in [5.41, 5.74) is -0.312. The van der Waals surface area contributed by atoms with Crippen LogP contribution in [-0.4, -0.2) is 32.1 Å². The lowest BCUT2D eigenvalue weighted by Crippen LogP contribution is -2.14. The van der Waals surface area contributed by atoms with Gasteiger partial charge in [-0.25, -0.2) is 8.78 Å². The van der Waals surface area contributed by atoms with Crippen LogP contribution < -0.4 is 19.6 Å². The second-order valence-corrected chi connectivity index (χ2v) is 8.46. The molecule has 1 aliphatic rings. The minimum atomic E-state index is -0.953. The molecule has 0 fully saturated rings. The molecule has 0 amide bonds. The molecule has 35 heavy (non-hydrogen) atoms. The minimum absolute atomic E-state index is 0.000473. The van der Waals surface area contributed by atoms with E-state index < -0.39 is 34.7 Å². The van der Waals surface area contributed by atoms with Gasteiger partial charge in [0.2, 0.25) is 23.7 Å². The summed E-state index contributed by atoms with van der Waals surface area (Å²) in [4.78, 5) is 24.9. The van der Waals surface area contributed by atoms with Gasteiger partial charge in [-0.15, -0.1) is 11.8 Å². The summed E-state index contributed by atoms with van der Waals surface area (Å²) in [6, 6.07) is 7.38. The molecule has 0 saturated carbocycles. The fourth-order valence-electron chi connectivity index (χ4n) is 3.57. The number of aromatic hydroxyl groups is 1. The number of rotatable bonds is 8. The zero-order valence-corrected chi connectivity index (χ0v) is 19.4. The number of hydrogen-bond donors (Lipinski definition) is 1. The van der Waals surface area contributed by atoms with Gasteiger partial charge in [0.1, 0.15) is 17.4 Å². The van der Waals surface area contributed by atoms with Gasteiger partial charge in [-0.2, -0.15) is 0 Å². The van der Waals surface area contributed by atoms with Crippen LogP contribution in [0.25, 0.3) is 0 Å². The van der Waals surface area contributed by atoms with Crippen LogP contribution in [0.5, 0.6) is 23.0 Å². The maximum absolute atomic E-state index is 14.0. The molecule has 0 spiro atoms. The summed E-state index contributed by atoms with van der Waals surface area (Å²) in [7, 11) is 2.64. The molecular weight excluding hydrogens is 486 g/mol. The lowest BCUT2D eigenvalue weighted by molar-refractivity contribution is -0.140. The Bertz CT molecular complexity index is 1320. The van der Waals surface area contributed by atoms with Crippen molar-refractivity contribution in [2.45, 2.75) is 23.0 Å². The molecule has 1 atom stereocenters. The third-order valence-electron chi connectivity index (χ3n) is 5.26. The second kappa shape index (κ2) is 10.3. The average Bonchev–Trinajstić information content (AvgIpc) is 3.32. The number of fused-ring (bicyclic) bond motifs is 1. The van der Waals surface area contributed by atoms with Crippen LogP contribution in [0, 0.1) is 11.6 Å². The Hall–Kier alpha value is -3.73. The number of benzene rings is 2. The van der Waals surface area contributed by atoms with Crippen LogP contribution in [0.4, 0.5) is 8.78 Å². The van der Waals surface area contributed by atoms with E-state index >= 15 is 0 Å². The summed E-state index contributed by atoms with van der Waals surface area (Å²) in [6.45, 7) is -0.0240. The molecule has 4 rings (SSSR count). The van der Waals surface area contributed by atoms with Crippen LogP contribution in [0.2, 0.25) is 0 Å². The van der Waals surface area contributed by atoms with Gasteiger partial charge in [-0.05, 0) is 29.8 Å². The largest absolute Gasteiger partial charge is 0.502 e. The van der Waals surface area contributed by atoms with Crippen molar-refractivity contribution >= 4 is 17.7 Å². The van der Waals surface area contributed by atoms with E-state index in [0.29, 0.717) is 22.8 Å². The zero-order valence-electron chi connectivity index (χ0n) is 18.6. The predicted octanol–water partition coefficient (Wildman–Crippen LogP) is 4.35. The van der Waals surface area contributed by atoms with Gasteiger partial charge < -0.3 is 28.5 Å². The van der Waals surface area contributed by atoms with Crippen LogP contribution in [-0.2, 0) is 15.3 Å². The van der Waals surface area contributed by atoms with E-state index in [1.807, 2.05) is 0 Å². The SMILES string of the molecule is COC(=O)C[C@@H](c1cc(OC)c2c(c1)OCO2)c1oc(CSc2ccc(F)cc2F)cc(=O)c1O. The summed E-state index contributed by atoms with van der Waals surface area (Å²) in [5.74, 6) is -2.74. The molecule has 0 radical (unpaired) electrons. The van der Waals surface area contributed by atoms with Gasteiger partial charge in [0.15, 0.2) is 17.3 Å². The van der Waals surface area contributed by atoms with Crippen molar-refractivity contribution in [3.8, 4) is 23.0 Å². The van der Waals surface area contributed by atoms with E-state index in [9.17, 15) is 23.5 Å². The van der Waals surface area contributed by atoms with E-state index in [4.69, 9.17) is 23.4 Å². The van der Waals surface area contributed by atoms with Gasteiger partial charge in [0, 0.05) is 17.0 Å². The monoisotopic (exact) mass is 506 g/mol. The van der Waals surface area contributed by atoms with Gasteiger partial charge >= 0.3 is 5.97 Å². The average molecular weight is 506 g/mol. The highest BCUT2D eigenvalue weighted by Gasteiger charge is 2.30. The Labute approximate surface area is 202 Å². The summed E-state index contributed by atoms with van der Waals surface area (Å²) < 4.78 is 54.0. The number of carbonyl (C=O) groups excluding carboxylic acids is 1. The zero-order chi connectivity index (χ0) is 25.1. The smallest absolute Gasteiger partial charge is 0.306 e. The van der Waals surface area contributed by atoms with Crippen LogP contribution in [0.15, 0.2) is 50.5 Å². The van der Waals surface area contributed by atoms with E-state index in [0.717, 1.165) is 30.0 Å². The molecule has 11 heteroatoms. The van der Waals surface area contributed by atoms with Crippen LogP contribution in [0.3, 0.4) is 0 Å². The van der Waals surface area contributed by atoms with Gasteiger partial charge in [-0.1, -0.05) is 0 Å². The van der Waals surface area contributed by atoms with Crippen molar-refractivity contribution in [1.82, 2.24) is 0 Å². The molecule has 2 aromatic carbocycles. The summed E-state index contributed by atoms with van der Waals surface area (Å²) in [5, 5.41) is 10.6. The van der Waals surface area contributed by atoms with Crippen molar-refractivity contribution in [2.75, 3.05) is 21.0 Å². The summed E-state index contributed by atoms with van der Waals surface area (Å²) >= 11 is 0.976. The highest BCUT2D eigenvalue weighted by molar-refractivity contribution is 7.98. The molecule has 8 nitrogen and oxygen atoms in total. The first-order chi connectivity index (χ1) is 16.8. The molecule has 0 aliphatic carbocycles. The predicted molar refractivity (Wildman–Crippen MR) is 120 cm³/mol. The fourth-order valence-corrected chi connectivity index (χ4v) is 4.37. The van der Waals surface area contributed by atoms with E-state index in [1.165, 1.54) is 20.3 Å². The number of thioether (sulfide) groups is 1. The molecular formula is C24H20F2O8S. The second-order valence-electron chi connectivity index (χ2n) is 7.44. The van der Waals surface area contributed by atoms with E-state index in [2.05, 4.69) is 0 Å². The Morgan fingerprint density at radius 2 is 1.97 bits per heavy atom. The minimum Gasteiger partial charge on any atom is -0.502 e.